The van der Waals surface area contributed by atoms with Crippen LogP contribution in [-0.2, 0) is 5.60 Å². The van der Waals surface area contributed by atoms with Crippen LogP contribution in [0.15, 0.2) is 49.1 Å². The maximum atomic E-state index is 14.8. The molecule has 0 spiro atoms. The molecule has 0 atom stereocenters. The molecule has 0 saturated carbocycles. The summed E-state index contributed by atoms with van der Waals surface area (Å²) in [5.74, 6) is -1.66. The van der Waals surface area contributed by atoms with Crippen LogP contribution >= 0.6 is 11.3 Å². The van der Waals surface area contributed by atoms with E-state index in [9.17, 15) is 18.7 Å². The van der Waals surface area contributed by atoms with Crippen LogP contribution in [0.1, 0.15) is 29.8 Å². The Morgan fingerprint density at radius 2 is 1.91 bits per heavy atom. The Bertz CT molecular complexity index is 1260. The number of imidazole rings is 1. The van der Waals surface area contributed by atoms with Crippen molar-refractivity contribution >= 4 is 28.1 Å². The number of hydrogen-bond donors (Lipinski definition) is 3. The van der Waals surface area contributed by atoms with E-state index in [2.05, 4.69) is 20.5 Å². The number of nitrogens with one attached hydrogen (secondary N) is 1. The molecule has 3 heterocycles. The van der Waals surface area contributed by atoms with E-state index >= 15 is 0 Å². The van der Waals surface area contributed by atoms with Gasteiger partial charge in [0.15, 0.2) is 11.6 Å². The lowest BCUT2D eigenvalue weighted by Crippen LogP contribution is -2.16. The summed E-state index contributed by atoms with van der Waals surface area (Å²) in [4.78, 5) is 16.0. The van der Waals surface area contributed by atoms with Crippen molar-refractivity contribution in [3.8, 4) is 16.3 Å². The number of hydrogen-bond acceptors (Lipinski definition) is 7. The van der Waals surface area contributed by atoms with Crippen molar-refractivity contribution in [2.75, 3.05) is 5.32 Å². The van der Waals surface area contributed by atoms with Crippen molar-refractivity contribution in [1.82, 2.24) is 19.7 Å². The van der Waals surface area contributed by atoms with Gasteiger partial charge in [-0.25, -0.2) is 13.8 Å². The molecular formula is C21H18F2N6O2S. The van der Waals surface area contributed by atoms with Crippen molar-refractivity contribution in [3.05, 3.63) is 71.8 Å². The van der Waals surface area contributed by atoms with E-state index < -0.39 is 23.1 Å². The molecule has 0 saturated heterocycles. The Labute approximate surface area is 185 Å². The van der Waals surface area contributed by atoms with Gasteiger partial charge in [-0.3, -0.25) is 9.36 Å². The van der Waals surface area contributed by atoms with Gasteiger partial charge in [-0.1, -0.05) is 0 Å². The number of aromatic nitrogens is 4. The van der Waals surface area contributed by atoms with E-state index in [0.717, 1.165) is 23.5 Å². The number of thiophene rings is 1. The molecule has 4 rings (SSSR count). The van der Waals surface area contributed by atoms with Gasteiger partial charge in [0.2, 0.25) is 0 Å². The number of aliphatic hydroxyl groups is 1. The maximum Gasteiger partial charge on any atom is 0.251 e. The number of benzene rings is 1. The lowest BCUT2D eigenvalue weighted by Gasteiger charge is -2.18. The molecular weight excluding hydrogens is 438 g/mol. The summed E-state index contributed by atoms with van der Waals surface area (Å²) >= 11 is 0.942. The molecule has 0 aliphatic heterocycles. The Morgan fingerprint density at radius 3 is 2.44 bits per heavy atom. The molecule has 8 nitrogen and oxygen atoms in total. The molecule has 1 aromatic carbocycles. The highest BCUT2D eigenvalue weighted by molar-refractivity contribution is 7.20. The number of anilines is 2. The summed E-state index contributed by atoms with van der Waals surface area (Å²) in [7, 11) is 0. The van der Waals surface area contributed by atoms with Gasteiger partial charge in [0.25, 0.3) is 5.91 Å². The third kappa shape index (κ3) is 4.20. The molecule has 0 fully saturated rings. The molecule has 4 N–H and O–H groups in total. The monoisotopic (exact) mass is 456 g/mol. The topological polar surface area (TPSA) is 119 Å². The van der Waals surface area contributed by atoms with Gasteiger partial charge >= 0.3 is 0 Å². The van der Waals surface area contributed by atoms with Gasteiger partial charge in [0.05, 0.1) is 16.7 Å². The number of carbonyl (C=O) groups excluding carboxylic acids is 1. The standard InChI is InChI=1S/C21H18F2N6O2S/c1-21(2,31)11-7-13(22)18(14(23)8-11)15-9-12(19(24)30)20(32-15)26-16-3-4-17(28-27-16)29-6-5-25-10-29/h3-10,31H,1-2H3,(H2,24,30)(H,26,27). The van der Waals surface area contributed by atoms with E-state index in [0.29, 0.717) is 11.6 Å². The third-order valence-corrected chi connectivity index (χ3v) is 5.72. The minimum absolute atomic E-state index is 0.0517. The summed E-state index contributed by atoms with van der Waals surface area (Å²) in [5, 5.41) is 21.4. The molecule has 0 bridgehead atoms. The van der Waals surface area contributed by atoms with Crippen LogP contribution in [-0.4, -0.2) is 30.8 Å². The maximum absolute atomic E-state index is 14.8. The van der Waals surface area contributed by atoms with Crippen LogP contribution in [0.2, 0.25) is 0 Å². The third-order valence-electron chi connectivity index (χ3n) is 4.65. The van der Waals surface area contributed by atoms with Crippen molar-refractivity contribution < 1.29 is 18.7 Å². The molecule has 0 aliphatic rings. The normalized spacial score (nSPS) is 11.5. The summed E-state index contributed by atoms with van der Waals surface area (Å²) < 4.78 is 31.2. The molecule has 0 unspecified atom stereocenters. The molecule has 4 aromatic rings. The smallest absolute Gasteiger partial charge is 0.251 e. The first-order valence-corrected chi connectivity index (χ1v) is 10.2. The van der Waals surface area contributed by atoms with Gasteiger partial charge in [-0.15, -0.1) is 21.5 Å². The average Bonchev–Trinajstić information content (AvgIpc) is 3.38. The largest absolute Gasteiger partial charge is 0.386 e. The number of halogens is 2. The summed E-state index contributed by atoms with van der Waals surface area (Å²) in [6, 6.07) is 6.76. The fraction of sp³-hybridized carbons (Fsp3) is 0.143. The second-order valence-electron chi connectivity index (χ2n) is 7.46. The molecule has 1 amide bonds. The van der Waals surface area contributed by atoms with Crippen LogP contribution in [0, 0.1) is 11.6 Å². The first-order chi connectivity index (χ1) is 15.1. The van der Waals surface area contributed by atoms with Crippen molar-refractivity contribution in [1.29, 1.82) is 0 Å². The van der Waals surface area contributed by atoms with E-state index in [1.165, 1.54) is 19.9 Å². The zero-order chi connectivity index (χ0) is 23.0. The zero-order valence-electron chi connectivity index (χ0n) is 17.0. The molecule has 32 heavy (non-hydrogen) atoms. The van der Waals surface area contributed by atoms with Crippen LogP contribution in [0.5, 0.6) is 0 Å². The molecule has 0 radical (unpaired) electrons. The molecule has 164 valence electrons. The minimum atomic E-state index is -1.41. The van der Waals surface area contributed by atoms with Gasteiger partial charge in [0.1, 0.15) is 23.0 Å². The minimum Gasteiger partial charge on any atom is -0.386 e. The van der Waals surface area contributed by atoms with Crippen LogP contribution < -0.4 is 11.1 Å². The number of primary amides is 1. The van der Waals surface area contributed by atoms with E-state index in [-0.39, 0.29) is 26.6 Å². The highest BCUT2D eigenvalue weighted by Crippen LogP contribution is 2.40. The van der Waals surface area contributed by atoms with Crippen LogP contribution in [0.25, 0.3) is 16.3 Å². The summed E-state index contributed by atoms with van der Waals surface area (Å²) in [6.07, 6.45) is 4.88. The summed E-state index contributed by atoms with van der Waals surface area (Å²) in [5.41, 5.74) is 3.88. The van der Waals surface area contributed by atoms with Gasteiger partial charge in [-0.2, -0.15) is 0 Å². The van der Waals surface area contributed by atoms with E-state index in [1.807, 2.05) is 0 Å². The molecule has 0 aliphatic carbocycles. The van der Waals surface area contributed by atoms with E-state index in [1.54, 1.807) is 35.4 Å². The van der Waals surface area contributed by atoms with Crippen molar-refractivity contribution in [2.45, 2.75) is 19.4 Å². The Kier molecular flexibility index (Phi) is 5.45. The Hall–Kier alpha value is -3.70. The highest BCUT2D eigenvalue weighted by atomic mass is 32.1. The Balaban J connectivity index is 1.69. The highest BCUT2D eigenvalue weighted by Gasteiger charge is 2.24. The number of nitrogens with zero attached hydrogens (tertiary/aromatic N) is 4. The van der Waals surface area contributed by atoms with Crippen molar-refractivity contribution in [3.63, 3.8) is 0 Å². The molecule has 11 heteroatoms. The fourth-order valence-corrected chi connectivity index (χ4v) is 4.11. The first-order valence-electron chi connectivity index (χ1n) is 9.38. The average molecular weight is 456 g/mol. The number of nitrogens with two attached hydrogens (primary N) is 1. The SMILES string of the molecule is CC(C)(O)c1cc(F)c(-c2cc(C(N)=O)c(Nc3ccc(-n4ccnc4)nn3)s2)c(F)c1. The summed E-state index contributed by atoms with van der Waals surface area (Å²) in [6.45, 7) is 2.86. The molecule has 3 aromatic heterocycles. The van der Waals surface area contributed by atoms with Gasteiger partial charge in [0, 0.05) is 17.3 Å². The van der Waals surface area contributed by atoms with Crippen LogP contribution in [0.4, 0.5) is 19.6 Å². The second-order valence-corrected chi connectivity index (χ2v) is 8.52. The van der Waals surface area contributed by atoms with Crippen LogP contribution in [0.3, 0.4) is 0 Å². The lowest BCUT2D eigenvalue weighted by molar-refractivity contribution is 0.0778. The van der Waals surface area contributed by atoms with E-state index in [4.69, 9.17) is 5.73 Å². The van der Waals surface area contributed by atoms with Gasteiger partial charge < -0.3 is 16.2 Å². The predicted octanol–water partition coefficient (Wildman–Crippen LogP) is 3.74. The number of carbonyl (C=O) groups is 1. The fourth-order valence-electron chi connectivity index (χ4n) is 2.99. The number of rotatable bonds is 6. The predicted molar refractivity (Wildman–Crippen MR) is 116 cm³/mol. The zero-order valence-corrected chi connectivity index (χ0v) is 17.8. The second kappa shape index (κ2) is 8.09. The van der Waals surface area contributed by atoms with Gasteiger partial charge in [-0.05, 0) is 49.7 Å². The number of amides is 1. The Morgan fingerprint density at radius 1 is 1.19 bits per heavy atom. The lowest BCUT2D eigenvalue weighted by atomic mass is 9.96. The first kappa shape index (κ1) is 21.5. The van der Waals surface area contributed by atoms with Crippen molar-refractivity contribution in [2.24, 2.45) is 5.73 Å². The quantitative estimate of drug-likeness (QED) is 0.407.